The maximum atomic E-state index is 6.04. The van der Waals surface area contributed by atoms with E-state index in [0.717, 1.165) is 35.7 Å². The third-order valence-electron chi connectivity index (χ3n) is 6.05. The average Bonchev–Trinajstić information content (AvgIpc) is 2.68. The Hall–Kier alpha value is -1.91. The minimum Gasteiger partial charge on any atom is -0.497 e. The molecule has 3 aliphatic heterocycles. The van der Waals surface area contributed by atoms with Gasteiger partial charge in [0.1, 0.15) is 5.75 Å². The summed E-state index contributed by atoms with van der Waals surface area (Å²) in [7, 11) is 3.53. The molecule has 3 saturated heterocycles. The van der Waals surface area contributed by atoms with E-state index in [0.29, 0.717) is 12.0 Å². The Morgan fingerprint density at radius 3 is 2.88 bits per heavy atom. The normalized spacial score (nSPS) is 29.5. The van der Waals surface area contributed by atoms with Crippen molar-refractivity contribution in [3.05, 3.63) is 48.7 Å². The summed E-state index contributed by atoms with van der Waals surface area (Å²) in [5.74, 6) is 2.21. The molecule has 4 heterocycles. The van der Waals surface area contributed by atoms with Crippen molar-refractivity contribution < 1.29 is 9.47 Å². The molecule has 0 aliphatic carbocycles. The Balaban J connectivity index is 1.72. The van der Waals surface area contributed by atoms with Crippen LogP contribution < -0.4 is 4.74 Å². The molecule has 4 nitrogen and oxygen atoms in total. The van der Waals surface area contributed by atoms with E-state index >= 15 is 0 Å². The van der Waals surface area contributed by atoms with Gasteiger partial charge >= 0.3 is 0 Å². The van der Waals surface area contributed by atoms with Gasteiger partial charge < -0.3 is 9.47 Å². The number of hydrogen-bond donors (Lipinski definition) is 0. The number of nitrogens with zero attached hydrogens (tertiary/aromatic N) is 2. The van der Waals surface area contributed by atoms with Crippen molar-refractivity contribution in [3.8, 4) is 5.75 Å². The van der Waals surface area contributed by atoms with Gasteiger partial charge in [0.15, 0.2) is 0 Å². The SMILES string of the molecule is C=C[C@H]1CN2CC[C@H]1C[C@@H]2[C@H](OC)c1ccnc2ccc(OC)cc12. The predicted octanol–water partition coefficient (Wildman–Crippen LogP) is 3.83. The van der Waals surface area contributed by atoms with Crippen LogP contribution in [0.25, 0.3) is 10.9 Å². The van der Waals surface area contributed by atoms with Crippen LogP contribution in [0.5, 0.6) is 5.75 Å². The van der Waals surface area contributed by atoms with Gasteiger partial charge in [-0.15, -0.1) is 6.58 Å². The summed E-state index contributed by atoms with van der Waals surface area (Å²) in [6.45, 7) is 6.29. The molecule has 1 unspecified atom stereocenters. The van der Waals surface area contributed by atoms with Crippen LogP contribution in [-0.2, 0) is 4.74 Å². The Bertz CT molecular complexity index is 776. The molecule has 2 bridgehead atoms. The fourth-order valence-electron chi connectivity index (χ4n) is 4.71. The Labute approximate surface area is 149 Å². The third kappa shape index (κ3) is 2.83. The maximum absolute atomic E-state index is 6.04. The van der Waals surface area contributed by atoms with Gasteiger partial charge in [-0.1, -0.05) is 6.08 Å². The highest BCUT2D eigenvalue weighted by molar-refractivity contribution is 5.84. The molecule has 3 fully saturated rings. The quantitative estimate of drug-likeness (QED) is 0.776. The second kappa shape index (κ2) is 6.77. The zero-order valence-corrected chi connectivity index (χ0v) is 15.0. The number of hydrogen-bond acceptors (Lipinski definition) is 4. The van der Waals surface area contributed by atoms with Gasteiger partial charge in [-0.25, -0.2) is 0 Å². The van der Waals surface area contributed by atoms with E-state index < -0.39 is 0 Å². The molecule has 25 heavy (non-hydrogen) atoms. The number of piperidine rings is 3. The fraction of sp³-hybridized carbons (Fsp3) is 0.476. The van der Waals surface area contributed by atoms with Crippen LogP contribution in [0.2, 0.25) is 0 Å². The molecule has 5 atom stereocenters. The minimum atomic E-state index is 0.0474. The zero-order chi connectivity index (χ0) is 17.4. The van der Waals surface area contributed by atoms with Crippen molar-refractivity contribution >= 4 is 10.9 Å². The summed E-state index contributed by atoms with van der Waals surface area (Å²) in [6.07, 6.45) is 6.52. The average molecular weight is 338 g/mol. The predicted molar refractivity (Wildman–Crippen MR) is 99.8 cm³/mol. The molecular formula is C21H26N2O2. The minimum absolute atomic E-state index is 0.0474. The molecule has 0 radical (unpaired) electrons. The lowest BCUT2D eigenvalue weighted by molar-refractivity contribution is -0.0601. The van der Waals surface area contributed by atoms with Gasteiger partial charge in [-0.2, -0.15) is 0 Å². The Morgan fingerprint density at radius 1 is 1.32 bits per heavy atom. The van der Waals surface area contributed by atoms with Crippen molar-refractivity contribution in [2.24, 2.45) is 11.8 Å². The smallest absolute Gasteiger partial charge is 0.119 e. The monoisotopic (exact) mass is 338 g/mol. The number of ether oxygens (including phenoxy) is 2. The van der Waals surface area contributed by atoms with Gasteiger partial charge in [0, 0.05) is 31.3 Å². The lowest BCUT2D eigenvalue weighted by atomic mass is 9.73. The molecule has 132 valence electrons. The largest absolute Gasteiger partial charge is 0.497 e. The third-order valence-corrected chi connectivity index (χ3v) is 6.05. The molecule has 0 saturated carbocycles. The van der Waals surface area contributed by atoms with Crippen LogP contribution in [0.1, 0.15) is 24.5 Å². The highest BCUT2D eigenvalue weighted by atomic mass is 16.5. The van der Waals surface area contributed by atoms with Crippen LogP contribution >= 0.6 is 0 Å². The van der Waals surface area contributed by atoms with Crippen LogP contribution in [-0.4, -0.2) is 43.2 Å². The highest BCUT2D eigenvalue weighted by Gasteiger charge is 2.42. The van der Waals surface area contributed by atoms with Crippen LogP contribution in [0, 0.1) is 11.8 Å². The molecule has 3 aliphatic rings. The van der Waals surface area contributed by atoms with Gasteiger partial charge in [0.05, 0.1) is 18.7 Å². The Morgan fingerprint density at radius 2 is 2.20 bits per heavy atom. The maximum Gasteiger partial charge on any atom is 0.119 e. The van der Waals surface area contributed by atoms with Gasteiger partial charge in [0.25, 0.3) is 0 Å². The van der Waals surface area contributed by atoms with E-state index in [-0.39, 0.29) is 6.10 Å². The van der Waals surface area contributed by atoms with Crippen molar-refractivity contribution in [2.45, 2.75) is 25.0 Å². The highest BCUT2D eigenvalue weighted by Crippen LogP contribution is 2.43. The molecule has 0 amide bonds. The van der Waals surface area contributed by atoms with E-state index in [2.05, 4.69) is 34.7 Å². The summed E-state index contributed by atoms with van der Waals surface area (Å²) >= 11 is 0. The number of fused-ring (bicyclic) bond motifs is 4. The van der Waals surface area contributed by atoms with Crippen LogP contribution in [0.3, 0.4) is 0 Å². The first-order valence-corrected chi connectivity index (χ1v) is 9.07. The van der Waals surface area contributed by atoms with E-state index in [1.54, 1.807) is 7.11 Å². The summed E-state index contributed by atoms with van der Waals surface area (Å²) < 4.78 is 11.5. The van der Waals surface area contributed by atoms with Crippen LogP contribution in [0.15, 0.2) is 43.1 Å². The van der Waals surface area contributed by atoms with Crippen molar-refractivity contribution in [3.63, 3.8) is 0 Å². The summed E-state index contributed by atoms with van der Waals surface area (Å²) in [6, 6.07) is 8.57. The number of rotatable bonds is 5. The first-order chi connectivity index (χ1) is 12.2. The molecule has 1 aromatic heterocycles. The van der Waals surface area contributed by atoms with E-state index in [9.17, 15) is 0 Å². The van der Waals surface area contributed by atoms with E-state index in [4.69, 9.17) is 9.47 Å². The summed E-state index contributed by atoms with van der Waals surface area (Å²) in [5.41, 5.74) is 2.19. The van der Waals surface area contributed by atoms with Gasteiger partial charge in [-0.3, -0.25) is 9.88 Å². The zero-order valence-electron chi connectivity index (χ0n) is 15.0. The molecule has 0 N–H and O–H groups in total. The standard InChI is InChI=1S/C21H26N2O2/c1-4-14-13-23-10-8-15(14)11-20(23)21(25-3)17-7-9-22-19-6-5-16(24-2)12-18(17)19/h4-7,9,12,14-15,20-21H,1,8,10-11,13H2,2-3H3/t14-,15-,20+,21+/m0/s1. The number of benzene rings is 1. The topological polar surface area (TPSA) is 34.6 Å². The molecule has 0 spiro atoms. The summed E-state index contributed by atoms with van der Waals surface area (Å²) in [4.78, 5) is 7.10. The molecular weight excluding hydrogens is 312 g/mol. The fourth-order valence-corrected chi connectivity index (χ4v) is 4.71. The number of aromatic nitrogens is 1. The van der Waals surface area contributed by atoms with E-state index in [1.165, 1.54) is 18.4 Å². The summed E-state index contributed by atoms with van der Waals surface area (Å²) in [5, 5.41) is 1.12. The lowest BCUT2D eigenvalue weighted by Gasteiger charge is -2.51. The molecule has 1 aromatic carbocycles. The first-order valence-electron chi connectivity index (χ1n) is 9.07. The molecule has 5 rings (SSSR count). The van der Waals surface area contributed by atoms with Gasteiger partial charge in [0.2, 0.25) is 0 Å². The Kier molecular flexibility index (Phi) is 4.48. The van der Waals surface area contributed by atoms with E-state index in [1.807, 2.05) is 25.4 Å². The number of methoxy groups -OCH3 is 2. The number of pyridine rings is 1. The van der Waals surface area contributed by atoms with Crippen molar-refractivity contribution in [1.82, 2.24) is 9.88 Å². The second-order valence-electron chi connectivity index (χ2n) is 7.19. The lowest BCUT2D eigenvalue weighted by Crippen LogP contribution is -2.55. The molecule has 4 heteroatoms. The van der Waals surface area contributed by atoms with Crippen LogP contribution in [0.4, 0.5) is 0 Å². The van der Waals surface area contributed by atoms with Crippen molar-refractivity contribution in [1.29, 1.82) is 0 Å². The second-order valence-corrected chi connectivity index (χ2v) is 7.19. The molecule has 2 aromatic rings. The van der Waals surface area contributed by atoms with Gasteiger partial charge in [-0.05, 0) is 61.1 Å². The first kappa shape index (κ1) is 16.6. The van der Waals surface area contributed by atoms with Crippen molar-refractivity contribution in [2.75, 3.05) is 27.3 Å².